The molecule has 3 fully saturated rings. The first kappa shape index (κ1) is 43.8. The molecule has 0 aromatic heterocycles. The Morgan fingerprint density at radius 2 is 1.45 bits per heavy atom. The van der Waals surface area contributed by atoms with Crippen LogP contribution < -0.4 is 37.6 Å². The molecule has 4 rings (SSSR count). The summed E-state index contributed by atoms with van der Waals surface area (Å²) in [5.41, 5.74) is 6.09. The summed E-state index contributed by atoms with van der Waals surface area (Å²) in [6.45, 7) is 8.15. The van der Waals surface area contributed by atoms with Crippen LogP contribution >= 0.6 is 0 Å². The molecule has 3 aliphatic heterocycles. The zero-order chi connectivity index (χ0) is 41.4. The van der Waals surface area contributed by atoms with Crippen LogP contribution in [0.25, 0.3) is 0 Å². The standard InChI is InChI=1S/C38H56N8O10/c1-6-19(4)29-31(49)22-12-13-23(41-22)34(52)42-24(15-21-10-8-7-9-11-21)35(53)43-25(16-28(39)48)36(54)45-30-32(50)27(47)17-46(38(30)56)26(14-18(2)3)37(55)40-20(5)33(51)44-29/h7-11,18-20,22-27,29-30,32,41,47,50H,6,12-17H2,1-5H3,(H2,39,48)(H,40,55)(H,42,52)(H,43,53)(H,44,51)(H,45,54)/t19?,20-,22?,23-,24-,25-,26-,27+,29?,30-,32+/m0/s1. The van der Waals surface area contributed by atoms with E-state index in [1.165, 1.54) is 6.92 Å². The number of rotatable bonds is 8. The van der Waals surface area contributed by atoms with Gasteiger partial charge < -0.3 is 47.4 Å². The maximum atomic E-state index is 14.0. The average Bonchev–Trinajstić information content (AvgIpc) is 3.65. The molecule has 4 bridgehead atoms. The van der Waals surface area contributed by atoms with Gasteiger partial charge in [-0.3, -0.25) is 43.7 Å². The van der Waals surface area contributed by atoms with E-state index in [0.29, 0.717) is 12.0 Å². The van der Waals surface area contributed by atoms with Crippen LogP contribution in [0.3, 0.4) is 0 Å². The lowest BCUT2D eigenvalue weighted by atomic mass is 9.91. The Bertz CT molecular complexity index is 1640. The number of nitrogens with one attached hydrogen (secondary N) is 6. The predicted octanol–water partition coefficient (Wildman–Crippen LogP) is -2.72. The normalized spacial score (nSPS) is 31.9. The van der Waals surface area contributed by atoms with Crippen LogP contribution in [0.15, 0.2) is 30.3 Å². The van der Waals surface area contributed by atoms with Gasteiger partial charge in [0.25, 0.3) is 0 Å². The Kier molecular flexibility index (Phi) is 15.1. The van der Waals surface area contributed by atoms with E-state index in [9.17, 15) is 48.6 Å². The largest absolute Gasteiger partial charge is 0.388 e. The number of hydrogen-bond donors (Lipinski definition) is 9. The van der Waals surface area contributed by atoms with E-state index in [0.717, 1.165) is 4.90 Å². The summed E-state index contributed by atoms with van der Waals surface area (Å²) >= 11 is 0. The highest BCUT2D eigenvalue weighted by molar-refractivity contribution is 6.00. The number of piperidine rings is 1. The number of primary amides is 1. The zero-order valence-electron chi connectivity index (χ0n) is 32.4. The van der Waals surface area contributed by atoms with Crippen molar-refractivity contribution in [2.24, 2.45) is 17.6 Å². The maximum absolute atomic E-state index is 14.0. The van der Waals surface area contributed by atoms with Crippen LogP contribution in [-0.4, -0.2) is 129 Å². The van der Waals surface area contributed by atoms with E-state index < -0.39 is 115 Å². The van der Waals surface area contributed by atoms with Crippen LogP contribution in [0.4, 0.5) is 0 Å². The molecule has 1 aromatic rings. The van der Waals surface area contributed by atoms with Gasteiger partial charge in [0.05, 0.1) is 37.2 Å². The molecule has 3 aliphatic rings. The minimum atomic E-state index is -1.85. The maximum Gasteiger partial charge on any atom is 0.248 e. The number of ketones is 1. The van der Waals surface area contributed by atoms with Gasteiger partial charge in [-0.05, 0) is 43.6 Å². The van der Waals surface area contributed by atoms with E-state index in [1.54, 1.807) is 51.1 Å². The first-order valence-corrected chi connectivity index (χ1v) is 19.2. The van der Waals surface area contributed by atoms with E-state index in [1.807, 2.05) is 6.92 Å². The first-order chi connectivity index (χ1) is 26.4. The van der Waals surface area contributed by atoms with Crippen molar-refractivity contribution in [3.8, 4) is 0 Å². The molecule has 10 N–H and O–H groups in total. The third-order valence-corrected chi connectivity index (χ3v) is 10.7. The second-order valence-electron chi connectivity index (χ2n) is 15.5. The number of hydrogen-bond acceptors (Lipinski definition) is 11. The van der Waals surface area contributed by atoms with Gasteiger partial charge >= 0.3 is 0 Å². The predicted molar refractivity (Wildman–Crippen MR) is 201 cm³/mol. The Labute approximate surface area is 325 Å². The zero-order valence-corrected chi connectivity index (χ0v) is 32.4. The van der Waals surface area contributed by atoms with Gasteiger partial charge in [-0.25, -0.2) is 0 Å². The van der Waals surface area contributed by atoms with Gasteiger partial charge in [-0.2, -0.15) is 0 Å². The number of carbonyl (C=O) groups is 8. The summed E-state index contributed by atoms with van der Waals surface area (Å²) in [5, 5.41) is 37.8. The lowest BCUT2D eigenvalue weighted by Crippen LogP contribution is -2.69. The number of carbonyl (C=O) groups excluding carboxylic acids is 8. The third-order valence-electron chi connectivity index (χ3n) is 10.7. The minimum Gasteiger partial charge on any atom is -0.388 e. The Hall–Kier alpha value is -4.94. The van der Waals surface area contributed by atoms with Crippen LogP contribution in [0.1, 0.15) is 72.3 Å². The molecule has 0 radical (unpaired) electrons. The number of amides is 7. The van der Waals surface area contributed by atoms with Gasteiger partial charge in [-0.15, -0.1) is 0 Å². The van der Waals surface area contributed by atoms with E-state index in [4.69, 9.17) is 5.73 Å². The topological polar surface area (TPSA) is 278 Å². The summed E-state index contributed by atoms with van der Waals surface area (Å²) in [6.07, 6.45) is -3.23. The lowest BCUT2D eigenvalue weighted by molar-refractivity contribution is -0.160. The number of aliphatic hydroxyl groups is 2. The van der Waals surface area contributed by atoms with Crippen molar-refractivity contribution in [2.45, 2.75) is 134 Å². The molecular weight excluding hydrogens is 728 g/mol. The molecule has 11 atom stereocenters. The molecule has 7 amide bonds. The van der Waals surface area contributed by atoms with Crippen molar-refractivity contribution in [2.75, 3.05) is 6.54 Å². The van der Waals surface area contributed by atoms with E-state index in [2.05, 4.69) is 31.9 Å². The van der Waals surface area contributed by atoms with E-state index in [-0.39, 0.29) is 43.3 Å². The molecule has 56 heavy (non-hydrogen) atoms. The molecule has 18 heteroatoms. The van der Waals surface area contributed by atoms with Crippen LogP contribution in [-0.2, 0) is 44.8 Å². The average molecular weight is 785 g/mol. The van der Waals surface area contributed by atoms with Crippen molar-refractivity contribution in [3.05, 3.63) is 35.9 Å². The first-order valence-electron chi connectivity index (χ1n) is 19.2. The number of nitrogens with two attached hydrogens (primary N) is 1. The van der Waals surface area contributed by atoms with Gasteiger partial charge in [0.15, 0.2) is 5.78 Å². The quantitative estimate of drug-likeness (QED) is 0.131. The van der Waals surface area contributed by atoms with Crippen molar-refractivity contribution < 1.29 is 48.6 Å². The smallest absolute Gasteiger partial charge is 0.248 e. The van der Waals surface area contributed by atoms with Gasteiger partial charge in [-0.1, -0.05) is 64.4 Å². The molecular formula is C38H56N8O10. The van der Waals surface area contributed by atoms with Gasteiger partial charge in [0.1, 0.15) is 36.3 Å². The summed E-state index contributed by atoms with van der Waals surface area (Å²) in [5.74, 6) is -6.86. The second kappa shape index (κ2) is 19.3. The SMILES string of the molecule is CCC(C)C1NC(=O)[C@H](C)NC(=O)[C@H](CC(C)C)N2C[C@@H](O)[C@@H](O)[C@H](NC(=O)[C@H](CC(N)=O)NC(=O)[C@H](Cc3ccccc3)NC(=O)[C@@H]3CCC(N3)C1=O)C2=O. The van der Waals surface area contributed by atoms with Gasteiger partial charge in [0.2, 0.25) is 41.4 Å². The molecule has 18 nitrogen and oxygen atoms in total. The molecule has 0 spiro atoms. The summed E-state index contributed by atoms with van der Waals surface area (Å²) in [4.78, 5) is 110. The molecule has 3 saturated heterocycles. The monoisotopic (exact) mass is 784 g/mol. The number of benzene rings is 1. The van der Waals surface area contributed by atoms with Crippen molar-refractivity contribution in [1.29, 1.82) is 0 Å². The third kappa shape index (κ3) is 10.9. The number of aliphatic hydroxyl groups excluding tert-OH is 2. The number of Topliss-reactive ketones (excluding diaryl/α,β-unsaturated/α-hetero) is 1. The Morgan fingerprint density at radius 1 is 0.821 bits per heavy atom. The molecule has 308 valence electrons. The number of fused-ring (bicyclic) bond motifs is 4. The number of nitrogens with zero attached hydrogens (tertiary/aromatic N) is 1. The second-order valence-corrected chi connectivity index (χ2v) is 15.5. The van der Waals surface area contributed by atoms with Crippen LogP contribution in [0, 0.1) is 11.8 Å². The van der Waals surface area contributed by atoms with E-state index >= 15 is 0 Å². The molecule has 1 aromatic carbocycles. The highest BCUT2D eigenvalue weighted by Gasteiger charge is 2.47. The fourth-order valence-corrected chi connectivity index (χ4v) is 7.24. The fourth-order valence-electron chi connectivity index (χ4n) is 7.24. The Balaban J connectivity index is 1.76. The highest BCUT2D eigenvalue weighted by atomic mass is 16.3. The molecule has 0 aliphatic carbocycles. The molecule has 3 heterocycles. The minimum absolute atomic E-state index is 0.0427. The molecule has 0 saturated carbocycles. The van der Waals surface area contributed by atoms with Crippen LogP contribution in [0.2, 0.25) is 0 Å². The summed E-state index contributed by atoms with van der Waals surface area (Å²) < 4.78 is 0. The van der Waals surface area contributed by atoms with Gasteiger partial charge in [0, 0.05) is 6.42 Å². The summed E-state index contributed by atoms with van der Waals surface area (Å²) in [7, 11) is 0. The fraction of sp³-hybridized carbons (Fsp3) is 0.632. The molecule has 3 unspecified atom stereocenters. The van der Waals surface area contributed by atoms with Crippen molar-refractivity contribution in [1.82, 2.24) is 36.8 Å². The summed E-state index contributed by atoms with van der Waals surface area (Å²) in [6, 6.07) is -1.33. The van der Waals surface area contributed by atoms with Crippen LogP contribution in [0.5, 0.6) is 0 Å². The highest BCUT2D eigenvalue weighted by Crippen LogP contribution is 2.23. The van der Waals surface area contributed by atoms with Crippen molar-refractivity contribution in [3.63, 3.8) is 0 Å². The Morgan fingerprint density at radius 3 is 2.07 bits per heavy atom. The lowest BCUT2D eigenvalue weighted by Gasteiger charge is -2.43. The van der Waals surface area contributed by atoms with Crippen molar-refractivity contribution >= 4 is 47.1 Å².